The van der Waals surface area contributed by atoms with Gasteiger partial charge in [0.2, 0.25) is 0 Å². The molecule has 5 heteroatoms. The van der Waals surface area contributed by atoms with Gasteiger partial charge in [0, 0.05) is 0 Å². The van der Waals surface area contributed by atoms with Crippen molar-refractivity contribution >= 4 is 39.2 Å². The van der Waals surface area contributed by atoms with Gasteiger partial charge in [0.15, 0.2) is 17.3 Å². The highest BCUT2D eigenvalue weighted by molar-refractivity contribution is 9.10. The molecule has 0 spiro atoms. The molecule has 0 saturated heterocycles. The Bertz CT molecular complexity index is 825. The Kier molecular flexibility index (Phi) is 5.93. The van der Waals surface area contributed by atoms with E-state index in [-0.39, 0.29) is 11.5 Å². The summed E-state index contributed by atoms with van der Waals surface area (Å²) in [4.78, 5) is 16.6. The fraction of sp³-hybridized carbons (Fsp3) is 0.158. The van der Waals surface area contributed by atoms with E-state index >= 15 is 0 Å². The van der Waals surface area contributed by atoms with Crippen LogP contribution in [0.25, 0.3) is 6.08 Å². The number of aryl methyl sites for hydroxylation is 1. The van der Waals surface area contributed by atoms with E-state index in [9.17, 15) is 9.90 Å². The molecule has 124 valence electrons. The molecule has 2 rings (SSSR count). The molecule has 0 unspecified atom stereocenters. The summed E-state index contributed by atoms with van der Waals surface area (Å²) >= 11 is 3.25. The van der Waals surface area contributed by atoms with Crippen LogP contribution < -0.4 is 4.74 Å². The predicted octanol–water partition coefficient (Wildman–Crippen LogP) is 4.85. The van der Waals surface area contributed by atoms with Gasteiger partial charge in [0.1, 0.15) is 0 Å². The third-order valence-electron chi connectivity index (χ3n) is 3.46. The minimum absolute atomic E-state index is 0.0262. The van der Waals surface area contributed by atoms with Crippen LogP contribution in [0.15, 0.2) is 51.9 Å². The van der Waals surface area contributed by atoms with Gasteiger partial charge in [-0.2, -0.15) is 0 Å². The van der Waals surface area contributed by atoms with Crippen molar-refractivity contribution in [2.75, 3.05) is 7.11 Å². The molecule has 0 aliphatic carbocycles. The van der Waals surface area contributed by atoms with Crippen LogP contribution in [0, 0.1) is 6.92 Å². The number of para-hydroxylation sites is 1. The van der Waals surface area contributed by atoms with Crippen molar-refractivity contribution < 1.29 is 14.6 Å². The largest absolute Gasteiger partial charge is 0.503 e. The third-order valence-corrected chi connectivity index (χ3v) is 4.06. The van der Waals surface area contributed by atoms with Gasteiger partial charge in [-0.1, -0.05) is 24.3 Å². The number of aromatic hydroxyl groups is 1. The van der Waals surface area contributed by atoms with Gasteiger partial charge in [-0.05, 0) is 65.2 Å². The standard InChI is InChI=1S/C19H18BrNO3/c1-12-6-4-5-7-16(12)21-13(2)17(22)9-8-14-10-15(20)19(23)18(11-14)24-3/h4-11,23H,1-3H3/b9-8+,21-13+. The molecule has 0 radical (unpaired) electrons. The average Bonchev–Trinajstić information content (AvgIpc) is 2.57. The zero-order valence-electron chi connectivity index (χ0n) is 13.7. The number of hydrogen-bond donors (Lipinski definition) is 1. The van der Waals surface area contributed by atoms with E-state index < -0.39 is 0 Å². The highest BCUT2D eigenvalue weighted by atomic mass is 79.9. The highest BCUT2D eigenvalue weighted by Gasteiger charge is 2.08. The smallest absolute Gasteiger partial charge is 0.199 e. The molecule has 2 aromatic carbocycles. The molecule has 1 N–H and O–H groups in total. The maximum Gasteiger partial charge on any atom is 0.199 e. The Balaban J connectivity index is 2.21. The van der Waals surface area contributed by atoms with Crippen molar-refractivity contribution in [3.05, 3.63) is 58.1 Å². The second kappa shape index (κ2) is 7.93. The quantitative estimate of drug-likeness (QED) is 0.589. The van der Waals surface area contributed by atoms with Crippen LogP contribution in [0.4, 0.5) is 5.69 Å². The summed E-state index contributed by atoms with van der Waals surface area (Å²) in [5, 5.41) is 9.80. The zero-order chi connectivity index (χ0) is 17.7. The van der Waals surface area contributed by atoms with Gasteiger partial charge in [-0.15, -0.1) is 0 Å². The number of carbonyl (C=O) groups excluding carboxylic acids is 1. The summed E-state index contributed by atoms with van der Waals surface area (Å²) in [6.45, 7) is 3.64. The molecule has 0 fully saturated rings. The van der Waals surface area contributed by atoms with Gasteiger partial charge in [0.05, 0.1) is 23.0 Å². The fourth-order valence-corrected chi connectivity index (χ4v) is 2.52. The lowest BCUT2D eigenvalue weighted by Crippen LogP contribution is -2.05. The Morgan fingerprint density at radius 1 is 1.29 bits per heavy atom. The van der Waals surface area contributed by atoms with E-state index in [4.69, 9.17) is 4.74 Å². The summed E-state index contributed by atoms with van der Waals surface area (Å²) in [7, 11) is 1.47. The maximum absolute atomic E-state index is 12.2. The number of carbonyl (C=O) groups is 1. The topological polar surface area (TPSA) is 58.9 Å². The summed E-state index contributed by atoms with van der Waals surface area (Å²) in [5.41, 5.74) is 2.94. The van der Waals surface area contributed by atoms with E-state index in [2.05, 4.69) is 20.9 Å². The van der Waals surface area contributed by atoms with Gasteiger partial charge in [-0.3, -0.25) is 4.79 Å². The molecule has 24 heavy (non-hydrogen) atoms. The molecule has 0 heterocycles. The van der Waals surface area contributed by atoms with E-state index in [0.29, 0.717) is 15.9 Å². The number of benzene rings is 2. The summed E-state index contributed by atoms with van der Waals surface area (Å²) in [6.07, 6.45) is 3.11. The first-order valence-corrected chi connectivity index (χ1v) is 8.11. The van der Waals surface area contributed by atoms with Crippen molar-refractivity contribution in [3.63, 3.8) is 0 Å². The lowest BCUT2D eigenvalue weighted by molar-refractivity contribution is -0.108. The molecule has 0 saturated carbocycles. The number of methoxy groups -OCH3 is 1. The number of rotatable bonds is 5. The Morgan fingerprint density at radius 3 is 2.67 bits per heavy atom. The second-order valence-electron chi connectivity index (χ2n) is 5.23. The fourth-order valence-electron chi connectivity index (χ4n) is 2.06. The van der Waals surface area contributed by atoms with Crippen LogP contribution in [-0.4, -0.2) is 23.7 Å². The number of hydrogen-bond acceptors (Lipinski definition) is 4. The number of phenolic OH excluding ortho intramolecular Hbond substituents is 1. The van der Waals surface area contributed by atoms with Gasteiger partial charge in [-0.25, -0.2) is 4.99 Å². The molecule has 4 nitrogen and oxygen atoms in total. The van der Waals surface area contributed by atoms with Crippen molar-refractivity contribution in [2.24, 2.45) is 4.99 Å². The number of halogens is 1. The first-order valence-electron chi connectivity index (χ1n) is 7.32. The van der Waals surface area contributed by atoms with E-state index in [1.54, 1.807) is 25.1 Å². The van der Waals surface area contributed by atoms with E-state index in [0.717, 1.165) is 16.8 Å². The molecule has 0 atom stereocenters. The van der Waals surface area contributed by atoms with Crippen molar-refractivity contribution in [1.82, 2.24) is 0 Å². The number of aliphatic imine (C=N–C) groups is 1. The minimum Gasteiger partial charge on any atom is -0.503 e. The number of nitrogens with zero attached hydrogens (tertiary/aromatic N) is 1. The molecule has 0 bridgehead atoms. The molecule has 0 aliphatic rings. The molecule has 0 aromatic heterocycles. The predicted molar refractivity (Wildman–Crippen MR) is 100 cm³/mol. The Hall–Kier alpha value is -2.40. The number of phenols is 1. The van der Waals surface area contributed by atoms with Crippen LogP contribution in [-0.2, 0) is 4.79 Å². The van der Waals surface area contributed by atoms with Crippen molar-refractivity contribution in [2.45, 2.75) is 13.8 Å². The monoisotopic (exact) mass is 387 g/mol. The SMILES string of the molecule is COc1cc(/C=C/C(=O)/C(C)=N/c2ccccc2C)cc(Br)c1O. The summed E-state index contributed by atoms with van der Waals surface area (Å²) < 4.78 is 5.59. The van der Waals surface area contributed by atoms with E-state index in [1.807, 2.05) is 31.2 Å². The molecule has 0 amide bonds. The van der Waals surface area contributed by atoms with Crippen molar-refractivity contribution in [3.8, 4) is 11.5 Å². The molecule has 0 aliphatic heterocycles. The van der Waals surface area contributed by atoms with Gasteiger partial charge < -0.3 is 9.84 Å². The number of allylic oxidation sites excluding steroid dienone is 1. The molecular weight excluding hydrogens is 370 g/mol. The summed E-state index contributed by atoms with van der Waals surface area (Å²) in [5.74, 6) is 0.182. The molecule has 2 aromatic rings. The normalized spacial score (nSPS) is 11.8. The number of ketones is 1. The average molecular weight is 388 g/mol. The van der Waals surface area contributed by atoms with Gasteiger partial charge in [0.25, 0.3) is 0 Å². The van der Waals surface area contributed by atoms with Crippen LogP contribution in [0.2, 0.25) is 0 Å². The Labute approximate surface area is 149 Å². The van der Waals surface area contributed by atoms with Crippen LogP contribution in [0.5, 0.6) is 11.5 Å². The minimum atomic E-state index is -0.179. The number of ether oxygens (including phenoxy) is 1. The van der Waals surface area contributed by atoms with Crippen molar-refractivity contribution in [1.29, 1.82) is 0 Å². The zero-order valence-corrected chi connectivity index (χ0v) is 15.3. The second-order valence-corrected chi connectivity index (χ2v) is 6.09. The Morgan fingerprint density at radius 2 is 2.00 bits per heavy atom. The first-order chi connectivity index (χ1) is 11.4. The van der Waals surface area contributed by atoms with Gasteiger partial charge >= 0.3 is 0 Å². The lowest BCUT2D eigenvalue weighted by Gasteiger charge is -2.06. The van der Waals surface area contributed by atoms with Crippen LogP contribution in [0.1, 0.15) is 18.1 Å². The van der Waals surface area contributed by atoms with Crippen LogP contribution in [0.3, 0.4) is 0 Å². The maximum atomic E-state index is 12.2. The highest BCUT2D eigenvalue weighted by Crippen LogP contribution is 2.35. The molecular formula is C19H18BrNO3. The first kappa shape index (κ1) is 17.9. The van der Waals surface area contributed by atoms with Crippen LogP contribution >= 0.6 is 15.9 Å². The third kappa shape index (κ3) is 4.32. The van der Waals surface area contributed by atoms with E-state index in [1.165, 1.54) is 13.2 Å². The summed E-state index contributed by atoms with van der Waals surface area (Å²) in [6, 6.07) is 11.0. The lowest BCUT2D eigenvalue weighted by atomic mass is 10.1.